The molecule has 0 aromatic heterocycles. The van der Waals surface area contributed by atoms with Crippen LogP contribution in [0.3, 0.4) is 0 Å². The van der Waals surface area contributed by atoms with E-state index in [2.05, 4.69) is 6.92 Å². The number of aliphatic hydroxyl groups is 2. The van der Waals surface area contributed by atoms with Gasteiger partial charge in [0.1, 0.15) is 23.4 Å². The largest absolute Gasteiger partial charge is 2.00 e. The molecule has 2 fully saturated rings. The molecule has 2 N–H and O–H groups in total. The Kier molecular flexibility index (Phi) is 13.9. The van der Waals surface area contributed by atoms with Gasteiger partial charge in [-0.15, -0.1) is 6.92 Å². The Labute approximate surface area is 285 Å². The van der Waals surface area contributed by atoms with Gasteiger partial charge in [0.25, 0.3) is 0 Å². The SMILES string of the molecule is C1CCCC1.CC1(C)O[C@H](C(O)(c2ccccc2)c2ccccc2)[C@@H](C(O)(c2ccccc2)c2ccccc2)O1.[CH2-]/C=C/C.[Ti+2]. The van der Waals surface area contributed by atoms with E-state index >= 15 is 0 Å². The van der Waals surface area contributed by atoms with Crippen molar-refractivity contribution in [1.29, 1.82) is 0 Å². The molecule has 1 saturated carbocycles. The number of benzene rings is 4. The minimum Gasteiger partial charge on any atom is -0.378 e. The molecule has 6 rings (SSSR count). The molecule has 4 aromatic rings. The van der Waals surface area contributed by atoms with Gasteiger partial charge in [-0.25, -0.2) is 19.1 Å². The Morgan fingerprint density at radius 3 is 1.00 bits per heavy atom. The van der Waals surface area contributed by atoms with E-state index in [1.165, 1.54) is 32.1 Å². The molecule has 5 heteroatoms. The molecule has 4 aromatic carbocycles. The Morgan fingerprint density at radius 2 is 0.800 bits per heavy atom. The minimum atomic E-state index is -1.60. The van der Waals surface area contributed by atoms with Crippen molar-refractivity contribution in [3.8, 4) is 0 Å². The maximum absolute atomic E-state index is 12.6. The van der Waals surface area contributed by atoms with Crippen LogP contribution in [-0.4, -0.2) is 28.2 Å². The topological polar surface area (TPSA) is 58.9 Å². The second kappa shape index (κ2) is 17.1. The van der Waals surface area contributed by atoms with Crippen molar-refractivity contribution in [3.63, 3.8) is 0 Å². The van der Waals surface area contributed by atoms with Crippen molar-refractivity contribution in [3.05, 3.63) is 163 Å². The molecule has 1 aliphatic heterocycles. The number of rotatable bonds is 6. The van der Waals surface area contributed by atoms with E-state index in [0.717, 1.165) is 0 Å². The monoisotopic (exact) mass is 639 g/mol. The summed E-state index contributed by atoms with van der Waals surface area (Å²) >= 11 is 0. The van der Waals surface area contributed by atoms with Gasteiger partial charge in [0.05, 0.1) is 0 Å². The molecule has 1 heterocycles. The third kappa shape index (κ3) is 8.65. The summed E-state index contributed by atoms with van der Waals surface area (Å²) in [6, 6.07) is 37.8. The van der Waals surface area contributed by atoms with Crippen LogP contribution >= 0.6 is 0 Å². The summed E-state index contributed by atoms with van der Waals surface area (Å²) in [5.41, 5.74) is -0.564. The van der Waals surface area contributed by atoms with Gasteiger partial charge in [0.15, 0.2) is 5.79 Å². The molecule has 45 heavy (non-hydrogen) atoms. The predicted molar refractivity (Wildman–Crippen MR) is 179 cm³/mol. The molecule has 0 bridgehead atoms. The fourth-order valence-corrected chi connectivity index (χ4v) is 6.01. The summed E-state index contributed by atoms with van der Waals surface area (Å²) in [6.07, 6.45) is 9.26. The molecule has 1 aliphatic carbocycles. The molecular weight excluding hydrogens is 592 g/mol. The maximum atomic E-state index is 12.6. The predicted octanol–water partition coefficient (Wildman–Crippen LogP) is 8.72. The zero-order chi connectivity index (χ0) is 31.5. The van der Waals surface area contributed by atoms with Crippen molar-refractivity contribution in [2.75, 3.05) is 0 Å². The molecule has 0 unspecified atom stereocenters. The van der Waals surface area contributed by atoms with Gasteiger partial charge in [0, 0.05) is 0 Å². The summed E-state index contributed by atoms with van der Waals surface area (Å²) in [4.78, 5) is 0. The normalized spacial score (nSPS) is 19.0. The number of ether oxygens (including phenoxy) is 2. The molecular formula is C40H47O4Ti+. The summed E-state index contributed by atoms with van der Waals surface area (Å²) in [5, 5.41) is 25.2. The average Bonchev–Trinajstić information content (AvgIpc) is 3.78. The first-order valence-electron chi connectivity index (χ1n) is 15.7. The number of hydrogen-bond acceptors (Lipinski definition) is 4. The van der Waals surface area contributed by atoms with E-state index in [-0.39, 0.29) is 21.7 Å². The molecule has 234 valence electrons. The zero-order valence-corrected chi connectivity index (χ0v) is 28.4. The second-order valence-corrected chi connectivity index (χ2v) is 11.8. The quantitative estimate of drug-likeness (QED) is 0.164. The molecule has 0 spiro atoms. The smallest absolute Gasteiger partial charge is 0.378 e. The van der Waals surface area contributed by atoms with Gasteiger partial charge in [0.2, 0.25) is 0 Å². The van der Waals surface area contributed by atoms with Gasteiger partial charge in [-0.05, 0) is 36.1 Å². The van der Waals surface area contributed by atoms with Crippen LogP contribution in [0.1, 0.15) is 75.1 Å². The Bertz CT molecular complexity index is 1210. The Hall–Kier alpha value is -2.96. The van der Waals surface area contributed by atoms with Gasteiger partial charge < -0.3 is 19.7 Å². The van der Waals surface area contributed by atoms with Crippen LogP contribution in [0.2, 0.25) is 0 Å². The number of allylic oxidation sites excluding steroid dienone is 2. The van der Waals surface area contributed by atoms with Crippen LogP contribution in [0, 0.1) is 6.92 Å². The van der Waals surface area contributed by atoms with Gasteiger partial charge in [-0.2, -0.15) is 0 Å². The van der Waals surface area contributed by atoms with Gasteiger partial charge in [-0.1, -0.05) is 153 Å². The fourth-order valence-electron chi connectivity index (χ4n) is 6.01. The summed E-state index contributed by atoms with van der Waals surface area (Å²) in [7, 11) is 0. The molecule has 0 radical (unpaired) electrons. The first-order valence-corrected chi connectivity index (χ1v) is 15.7. The van der Waals surface area contributed by atoms with Crippen LogP contribution in [0.5, 0.6) is 0 Å². The van der Waals surface area contributed by atoms with E-state index < -0.39 is 29.2 Å². The van der Waals surface area contributed by atoms with Crippen molar-refractivity contribution in [1.82, 2.24) is 0 Å². The van der Waals surface area contributed by atoms with Crippen LogP contribution in [0.4, 0.5) is 0 Å². The van der Waals surface area contributed by atoms with Crippen molar-refractivity contribution < 1.29 is 41.4 Å². The van der Waals surface area contributed by atoms with Crippen molar-refractivity contribution in [2.24, 2.45) is 0 Å². The van der Waals surface area contributed by atoms with Crippen LogP contribution in [0.15, 0.2) is 133 Å². The summed E-state index contributed by atoms with van der Waals surface area (Å²) in [6.45, 7) is 8.99. The third-order valence-corrected chi connectivity index (χ3v) is 8.26. The maximum Gasteiger partial charge on any atom is 2.00 e. The van der Waals surface area contributed by atoms with E-state index in [4.69, 9.17) is 9.47 Å². The van der Waals surface area contributed by atoms with Crippen molar-refractivity contribution >= 4 is 0 Å². The summed E-state index contributed by atoms with van der Waals surface area (Å²) in [5.74, 6) is -1.05. The first-order chi connectivity index (χ1) is 21.3. The fraction of sp³-hybridized carbons (Fsp3) is 0.325. The first kappa shape index (κ1) is 36.5. The molecule has 2 aliphatic rings. The van der Waals surface area contributed by atoms with Crippen LogP contribution in [0.25, 0.3) is 0 Å². The van der Waals surface area contributed by atoms with E-state index in [1.807, 2.05) is 148 Å². The van der Waals surface area contributed by atoms with Gasteiger partial charge >= 0.3 is 21.7 Å². The number of hydrogen-bond donors (Lipinski definition) is 2. The van der Waals surface area contributed by atoms with E-state index in [9.17, 15) is 10.2 Å². The summed E-state index contributed by atoms with van der Waals surface area (Å²) < 4.78 is 13.0. The third-order valence-electron chi connectivity index (χ3n) is 8.26. The van der Waals surface area contributed by atoms with E-state index in [0.29, 0.717) is 22.3 Å². The molecule has 2 atom stereocenters. The average molecular weight is 640 g/mol. The standard InChI is InChI=1S/C31H30O4.C5H10.C4H7.Ti/c1-29(2)34-27(30(32,23-15-7-3-8-16-23)24-17-9-4-10-18-24)28(35-29)31(33,25-19-11-5-12-20-25)26-21-13-6-14-22-26;1-2-4-5-3-1;1-3-4-2;/h3-22,27-28,32-33H,1-2H3;1-5H2;3-4H,1H2,2H3;/q;;-1;+2/b;;4-3+;/t27-,28-;;;/m0.../s1. The van der Waals surface area contributed by atoms with E-state index in [1.54, 1.807) is 6.08 Å². The van der Waals surface area contributed by atoms with Crippen molar-refractivity contribution in [2.45, 2.75) is 82.1 Å². The molecule has 4 nitrogen and oxygen atoms in total. The zero-order valence-electron chi connectivity index (χ0n) is 26.8. The second-order valence-electron chi connectivity index (χ2n) is 11.8. The van der Waals surface area contributed by atoms with Crippen LogP contribution < -0.4 is 0 Å². The molecule has 0 amide bonds. The minimum absolute atomic E-state index is 0. The Morgan fingerprint density at radius 1 is 0.578 bits per heavy atom. The Balaban J connectivity index is 0.000000482. The van der Waals surface area contributed by atoms with Crippen LogP contribution in [-0.2, 0) is 42.4 Å². The van der Waals surface area contributed by atoms with Gasteiger partial charge in [-0.3, -0.25) is 0 Å². The molecule has 1 saturated heterocycles.